The minimum atomic E-state index is -0.471. The van der Waals surface area contributed by atoms with E-state index in [0.717, 1.165) is 88.4 Å². The van der Waals surface area contributed by atoms with Gasteiger partial charge in [-0.15, -0.1) is 0 Å². The molecule has 7 aromatic carbocycles. The van der Waals surface area contributed by atoms with Gasteiger partial charge < -0.3 is 9.13 Å². The molecule has 0 N–H and O–H groups in total. The summed E-state index contributed by atoms with van der Waals surface area (Å²) in [5, 5.41) is 28.4. The molecule has 4 heteroatoms. The Kier molecular flexibility index (Phi) is 9.10. The fourth-order valence-electron chi connectivity index (χ4n) is 11.1. The van der Waals surface area contributed by atoms with Crippen LogP contribution in [-0.2, 0) is 21.7 Å². The molecule has 2 heterocycles. The van der Waals surface area contributed by atoms with E-state index in [2.05, 4.69) is 238 Å². The van der Waals surface area contributed by atoms with Crippen LogP contribution in [0.4, 0.5) is 0 Å². The van der Waals surface area contributed by atoms with Crippen LogP contribution in [0.15, 0.2) is 133 Å². The number of fused-ring (bicyclic) bond motifs is 7. The topological polar surface area (TPSA) is 57.4 Å². The second kappa shape index (κ2) is 14.1. The van der Waals surface area contributed by atoms with E-state index in [4.69, 9.17) is 0 Å². The molecule has 0 fully saturated rings. The van der Waals surface area contributed by atoms with Crippen molar-refractivity contribution in [3.8, 4) is 45.8 Å². The summed E-state index contributed by atoms with van der Waals surface area (Å²) < 4.78 is 4.66. The van der Waals surface area contributed by atoms with Crippen molar-refractivity contribution in [2.75, 3.05) is 0 Å². The molecule has 0 radical (unpaired) electrons. The molecule has 0 bridgehead atoms. The van der Waals surface area contributed by atoms with Gasteiger partial charge in [0.15, 0.2) is 0 Å². The van der Waals surface area contributed by atoms with Gasteiger partial charge in [-0.3, -0.25) is 0 Å². The summed E-state index contributed by atoms with van der Waals surface area (Å²) >= 11 is 0. The van der Waals surface area contributed by atoms with Crippen LogP contribution in [0.5, 0.6) is 0 Å². The van der Waals surface area contributed by atoms with Crippen molar-refractivity contribution in [2.45, 2.75) is 105 Å². The average Bonchev–Trinajstić information content (AvgIpc) is 3.81. The van der Waals surface area contributed by atoms with Crippen molar-refractivity contribution in [2.24, 2.45) is 5.41 Å². The van der Waals surface area contributed by atoms with E-state index in [1.54, 1.807) is 0 Å². The molecular formula is C61H58N4. The lowest BCUT2D eigenvalue weighted by Gasteiger charge is -2.44. The molecule has 322 valence electrons. The molecule has 9 aromatic rings. The van der Waals surface area contributed by atoms with E-state index in [1.807, 2.05) is 0 Å². The third kappa shape index (κ3) is 5.93. The first-order valence-corrected chi connectivity index (χ1v) is 23.1. The van der Waals surface area contributed by atoms with Crippen LogP contribution in [0.25, 0.3) is 77.2 Å². The van der Waals surface area contributed by atoms with E-state index in [9.17, 15) is 10.5 Å². The van der Waals surface area contributed by atoms with Gasteiger partial charge in [0.05, 0.1) is 44.6 Å². The molecule has 0 spiro atoms. The highest BCUT2D eigenvalue weighted by atomic mass is 15.1. The zero-order valence-corrected chi connectivity index (χ0v) is 40.0. The van der Waals surface area contributed by atoms with Gasteiger partial charge in [-0.05, 0) is 120 Å². The average molecular weight is 847 g/mol. The number of nitrogens with zero attached hydrogens (tertiary/aromatic N) is 4. The van der Waals surface area contributed by atoms with Gasteiger partial charge in [0.1, 0.15) is 12.1 Å². The lowest BCUT2D eigenvalue weighted by molar-refractivity contribution is 0.125. The smallest absolute Gasteiger partial charge is 0.102 e. The Morgan fingerprint density at radius 3 is 1.05 bits per heavy atom. The van der Waals surface area contributed by atoms with E-state index >= 15 is 0 Å². The maximum Gasteiger partial charge on any atom is 0.102 e. The molecule has 0 aliphatic heterocycles. The van der Waals surface area contributed by atoms with Gasteiger partial charge >= 0.3 is 0 Å². The highest BCUT2D eigenvalue weighted by Crippen LogP contribution is 2.65. The summed E-state index contributed by atoms with van der Waals surface area (Å²) in [6, 6.07) is 54.1. The van der Waals surface area contributed by atoms with Gasteiger partial charge in [0.2, 0.25) is 0 Å². The van der Waals surface area contributed by atoms with Gasteiger partial charge in [0, 0.05) is 21.5 Å². The van der Waals surface area contributed by atoms with Gasteiger partial charge in [0.25, 0.3) is 0 Å². The normalized spacial score (nSPS) is 15.4. The molecule has 10 rings (SSSR count). The SMILES string of the molecule is CC(C)(C)c1ccc2c(c1)c1cc(-c3ccccc3)ccc1n2-c1c(C#N)c2c(c(C#N)c1-n1c3ccc(-c4ccccc4)cc3c3cc(C(C)(C)C)ccc31)C(C)(C)C(C)(C)C2(C)C. The first-order chi connectivity index (χ1) is 30.7. The number of aromatic nitrogens is 2. The van der Waals surface area contributed by atoms with Crippen molar-refractivity contribution < 1.29 is 0 Å². The van der Waals surface area contributed by atoms with Crippen LogP contribution in [-0.4, -0.2) is 9.13 Å². The fourth-order valence-corrected chi connectivity index (χ4v) is 11.1. The van der Waals surface area contributed by atoms with Gasteiger partial charge in [-0.1, -0.05) is 168 Å². The second-order valence-corrected chi connectivity index (χ2v) is 22.1. The number of hydrogen-bond donors (Lipinski definition) is 0. The first-order valence-electron chi connectivity index (χ1n) is 23.1. The Bertz CT molecular complexity index is 3290. The molecule has 2 aromatic heterocycles. The molecule has 0 saturated carbocycles. The van der Waals surface area contributed by atoms with Gasteiger partial charge in [-0.2, -0.15) is 10.5 Å². The Labute approximate surface area is 384 Å². The molecule has 1 aliphatic rings. The molecule has 0 amide bonds. The number of nitriles is 2. The molecule has 65 heavy (non-hydrogen) atoms. The summed E-state index contributed by atoms with van der Waals surface area (Å²) in [5.74, 6) is 0. The number of benzene rings is 7. The van der Waals surface area contributed by atoms with E-state index in [0.29, 0.717) is 11.1 Å². The van der Waals surface area contributed by atoms with Crippen LogP contribution in [0.2, 0.25) is 0 Å². The molecule has 0 atom stereocenters. The molecule has 0 unspecified atom stereocenters. The minimum Gasteiger partial charge on any atom is -0.306 e. The van der Waals surface area contributed by atoms with E-state index in [-0.39, 0.29) is 16.2 Å². The Hall–Kier alpha value is -6.88. The monoisotopic (exact) mass is 846 g/mol. The van der Waals surface area contributed by atoms with Crippen molar-refractivity contribution in [1.82, 2.24) is 9.13 Å². The quantitative estimate of drug-likeness (QED) is 0.177. The molecule has 1 aliphatic carbocycles. The largest absolute Gasteiger partial charge is 0.306 e. The summed E-state index contributed by atoms with van der Waals surface area (Å²) in [5.41, 5.74) is 14.2. The van der Waals surface area contributed by atoms with Crippen LogP contribution < -0.4 is 0 Å². The maximum atomic E-state index is 12.0. The predicted molar refractivity (Wildman–Crippen MR) is 273 cm³/mol. The summed E-state index contributed by atoms with van der Waals surface area (Å²) in [7, 11) is 0. The van der Waals surface area contributed by atoms with E-state index < -0.39 is 10.8 Å². The third-order valence-electron chi connectivity index (χ3n) is 16.0. The van der Waals surface area contributed by atoms with Crippen molar-refractivity contribution in [1.29, 1.82) is 10.5 Å². The second-order valence-electron chi connectivity index (χ2n) is 22.1. The molecular weight excluding hydrogens is 789 g/mol. The summed E-state index contributed by atoms with van der Waals surface area (Å²) in [4.78, 5) is 0. The Morgan fingerprint density at radius 1 is 0.400 bits per heavy atom. The third-order valence-corrected chi connectivity index (χ3v) is 16.0. The zero-order chi connectivity index (χ0) is 46.2. The standard InChI is InChI=1S/C61H58N4/c1-57(2,3)41-25-29-51-45(33-41)43-31-39(37-19-15-13-16-20-37)23-27-49(43)64(51)55-47(35-62)53-54(60(9,10)61(11,12)59(53,7)8)48(36-63)56(55)65-50-28-24-40(38-21-17-14-18-22-38)32-44(50)46-34-42(58(4,5)6)26-30-52(46)65/h13-34H,1-12H3. The van der Waals surface area contributed by atoms with Crippen LogP contribution in [0.1, 0.15) is 116 Å². The molecule has 4 nitrogen and oxygen atoms in total. The number of rotatable bonds is 4. The van der Waals surface area contributed by atoms with Crippen molar-refractivity contribution in [3.63, 3.8) is 0 Å². The molecule has 0 saturated heterocycles. The summed E-state index contributed by atoms with van der Waals surface area (Å²) in [6.45, 7) is 27.3. The number of hydrogen-bond acceptors (Lipinski definition) is 2. The lowest BCUT2D eigenvalue weighted by Crippen LogP contribution is -2.42. The zero-order valence-electron chi connectivity index (χ0n) is 40.0. The van der Waals surface area contributed by atoms with Crippen LogP contribution >= 0.6 is 0 Å². The highest BCUT2D eigenvalue weighted by molar-refractivity contribution is 6.14. The first kappa shape index (κ1) is 42.1. The van der Waals surface area contributed by atoms with Crippen molar-refractivity contribution >= 4 is 43.6 Å². The van der Waals surface area contributed by atoms with Gasteiger partial charge in [-0.25, -0.2) is 0 Å². The van der Waals surface area contributed by atoms with E-state index in [1.165, 1.54) is 11.1 Å². The maximum absolute atomic E-state index is 12.0. The van der Waals surface area contributed by atoms with Crippen LogP contribution in [0.3, 0.4) is 0 Å². The van der Waals surface area contributed by atoms with Crippen molar-refractivity contribution in [3.05, 3.63) is 167 Å². The minimum absolute atomic E-state index is 0.0984. The highest BCUT2D eigenvalue weighted by Gasteiger charge is 2.60. The Balaban J connectivity index is 1.45. The van der Waals surface area contributed by atoms with Crippen LogP contribution in [0, 0.1) is 28.1 Å². The lowest BCUT2D eigenvalue weighted by atomic mass is 9.59. The summed E-state index contributed by atoms with van der Waals surface area (Å²) in [6.07, 6.45) is 0. The fraction of sp³-hybridized carbons (Fsp3) is 0.279. The predicted octanol–water partition coefficient (Wildman–Crippen LogP) is 16.1. The Morgan fingerprint density at radius 2 is 0.723 bits per heavy atom.